The van der Waals surface area contributed by atoms with Gasteiger partial charge >= 0.3 is 5.97 Å². The first-order chi connectivity index (χ1) is 13.8. The Labute approximate surface area is 179 Å². The second-order valence-corrected chi connectivity index (χ2v) is 9.43. The van der Waals surface area contributed by atoms with Crippen molar-refractivity contribution in [2.24, 2.45) is 0 Å². The Balaban J connectivity index is 2.40. The van der Waals surface area contributed by atoms with E-state index in [1.807, 2.05) is 32.9 Å². The first-order valence-electron chi connectivity index (χ1n) is 10.2. The summed E-state index contributed by atoms with van der Waals surface area (Å²) in [7, 11) is 0. The predicted molar refractivity (Wildman–Crippen MR) is 120 cm³/mol. The van der Waals surface area contributed by atoms with Crippen molar-refractivity contribution in [2.75, 3.05) is 6.61 Å². The minimum Gasteiger partial charge on any atom is -0.507 e. The average molecular weight is 409 g/mol. The molecular weight excluding hydrogens is 376 g/mol. The summed E-state index contributed by atoms with van der Waals surface area (Å²) >= 11 is 0. The molecule has 2 aromatic rings. The Morgan fingerprint density at radius 1 is 1.03 bits per heavy atom. The van der Waals surface area contributed by atoms with Crippen LogP contribution in [0, 0.1) is 11.8 Å². The zero-order valence-corrected chi connectivity index (χ0v) is 19.0. The predicted octanol–water partition coefficient (Wildman–Crippen LogP) is 5.25. The van der Waals surface area contributed by atoms with Crippen molar-refractivity contribution in [1.29, 1.82) is 0 Å². The molecule has 0 radical (unpaired) electrons. The number of benzene rings is 2. The van der Waals surface area contributed by atoms with Gasteiger partial charge in [0.25, 0.3) is 0 Å². The molecule has 0 fully saturated rings. The maximum atomic E-state index is 11.7. The highest BCUT2D eigenvalue weighted by atomic mass is 16.5. The van der Waals surface area contributed by atoms with Gasteiger partial charge in [0.2, 0.25) is 0 Å². The number of aliphatic hydroxyl groups excluding tert-OH is 1. The van der Waals surface area contributed by atoms with E-state index < -0.39 is 6.10 Å². The van der Waals surface area contributed by atoms with Crippen LogP contribution in [0.1, 0.15) is 87.2 Å². The second-order valence-electron chi connectivity index (χ2n) is 9.43. The molecule has 0 spiro atoms. The van der Waals surface area contributed by atoms with Crippen LogP contribution in [0.5, 0.6) is 5.75 Å². The number of aliphatic hydroxyl groups is 1. The Morgan fingerprint density at radius 3 is 2.13 bits per heavy atom. The molecule has 4 heteroatoms. The van der Waals surface area contributed by atoms with E-state index in [0.717, 1.165) is 11.1 Å². The fourth-order valence-electron chi connectivity index (χ4n) is 3.00. The average Bonchev–Trinajstić information content (AvgIpc) is 2.65. The number of phenols is 1. The van der Waals surface area contributed by atoms with Gasteiger partial charge < -0.3 is 14.9 Å². The van der Waals surface area contributed by atoms with Gasteiger partial charge in [-0.05, 0) is 59.2 Å². The van der Waals surface area contributed by atoms with Crippen molar-refractivity contribution < 1.29 is 19.7 Å². The maximum Gasteiger partial charge on any atom is 0.338 e. The number of esters is 1. The van der Waals surface area contributed by atoms with Crippen LogP contribution < -0.4 is 0 Å². The van der Waals surface area contributed by atoms with Crippen LogP contribution in [0.4, 0.5) is 0 Å². The van der Waals surface area contributed by atoms with Crippen molar-refractivity contribution in [3.63, 3.8) is 0 Å². The van der Waals surface area contributed by atoms with E-state index in [-0.39, 0.29) is 22.5 Å². The summed E-state index contributed by atoms with van der Waals surface area (Å²) in [5, 5.41) is 21.6. The van der Waals surface area contributed by atoms with Gasteiger partial charge in [0, 0.05) is 11.1 Å². The third kappa shape index (κ3) is 5.64. The zero-order chi connectivity index (χ0) is 22.7. The number of rotatable bonds is 3. The summed E-state index contributed by atoms with van der Waals surface area (Å²) in [5.74, 6) is 5.44. The van der Waals surface area contributed by atoms with Crippen LogP contribution in [0.3, 0.4) is 0 Å². The Kier molecular flexibility index (Phi) is 7.00. The SMILES string of the molecule is CCOC(=O)c1ccc(C#CC(O)c2cc(C(C)(C)C)cc(C(C)(C)C)c2O)cc1. The molecule has 0 amide bonds. The largest absolute Gasteiger partial charge is 0.507 e. The molecule has 0 aliphatic heterocycles. The van der Waals surface area contributed by atoms with Crippen LogP contribution in [-0.4, -0.2) is 22.8 Å². The lowest BCUT2D eigenvalue weighted by atomic mass is 9.78. The van der Waals surface area contributed by atoms with Gasteiger partial charge in [-0.2, -0.15) is 0 Å². The first kappa shape index (κ1) is 23.5. The van der Waals surface area contributed by atoms with Gasteiger partial charge in [0.15, 0.2) is 0 Å². The Bertz CT molecular complexity index is 962. The van der Waals surface area contributed by atoms with Crippen LogP contribution in [0.15, 0.2) is 36.4 Å². The first-order valence-corrected chi connectivity index (χ1v) is 10.2. The molecule has 0 aromatic heterocycles. The molecule has 0 heterocycles. The summed E-state index contributed by atoms with van der Waals surface area (Å²) in [4.78, 5) is 11.7. The van der Waals surface area contributed by atoms with E-state index in [2.05, 4.69) is 32.6 Å². The van der Waals surface area contributed by atoms with Crippen molar-refractivity contribution in [2.45, 2.75) is 65.4 Å². The molecule has 0 aliphatic rings. The molecule has 0 saturated carbocycles. The summed E-state index contributed by atoms with van der Waals surface area (Å²) in [5.41, 5.74) is 2.90. The molecule has 0 saturated heterocycles. The highest BCUT2D eigenvalue weighted by Crippen LogP contribution is 2.39. The van der Waals surface area contributed by atoms with E-state index in [1.54, 1.807) is 31.2 Å². The lowest BCUT2D eigenvalue weighted by molar-refractivity contribution is 0.0526. The van der Waals surface area contributed by atoms with Crippen LogP contribution in [0.2, 0.25) is 0 Å². The van der Waals surface area contributed by atoms with Crippen molar-refractivity contribution >= 4 is 5.97 Å². The third-order valence-electron chi connectivity index (χ3n) is 4.86. The normalized spacial score (nSPS) is 12.7. The van der Waals surface area contributed by atoms with Crippen molar-refractivity contribution in [3.8, 4) is 17.6 Å². The highest BCUT2D eigenvalue weighted by Gasteiger charge is 2.26. The number of hydrogen-bond acceptors (Lipinski definition) is 4. The third-order valence-corrected chi connectivity index (χ3v) is 4.86. The smallest absolute Gasteiger partial charge is 0.338 e. The van der Waals surface area contributed by atoms with Gasteiger partial charge in [-0.1, -0.05) is 59.4 Å². The second kappa shape index (κ2) is 8.93. The topological polar surface area (TPSA) is 66.8 Å². The minimum atomic E-state index is -1.14. The molecular formula is C26H32O4. The monoisotopic (exact) mass is 408 g/mol. The molecule has 0 aliphatic carbocycles. The lowest BCUT2D eigenvalue weighted by Gasteiger charge is -2.28. The van der Waals surface area contributed by atoms with Gasteiger partial charge in [-0.25, -0.2) is 4.79 Å². The summed E-state index contributed by atoms with van der Waals surface area (Å²) in [6, 6.07) is 10.5. The minimum absolute atomic E-state index is 0.0787. The van der Waals surface area contributed by atoms with E-state index in [9.17, 15) is 15.0 Å². The van der Waals surface area contributed by atoms with Crippen molar-refractivity contribution in [1.82, 2.24) is 0 Å². The van der Waals surface area contributed by atoms with E-state index in [4.69, 9.17) is 4.74 Å². The fraction of sp³-hybridized carbons (Fsp3) is 0.423. The van der Waals surface area contributed by atoms with Gasteiger partial charge in [-0.15, -0.1) is 0 Å². The molecule has 30 heavy (non-hydrogen) atoms. The molecule has 2 N–H and O–H groups in total. The van der Waals surface area contributed by atoms with E-state index in [0.29, 0.717) is 23.3 Å². The van der Waals surface area contributed by atoms with Crippen LogP contribution in [-0.2, 0) is 15.6 Å². The molecule has 0 bridgehead atoms. The number of hydrogen-bond donors (Lipinski definition) is 2. The summed E-state index contributed by atoms with van der Waals surface area (Å²) < 4.78 is 4.97. The van der Waals surface area contributed by atoms with E-state index in [1.165, 1.54) is 0 Å². The summed E-state index contributed by atoms with van der Waals surface area (Å²) in [6.07, 6.45) is -1.14. The zero-order valence-electron chi connectivity index (χ0n) is 19.0. The molecule has 160 valence electrons. The van der Waals surface area contributed by atoms with Crippen LogP contribution in [0.25, 0.3) is 0 Å². The maximum absolute atomic E-state index is 11.7. The molecule has 2 rings (SSSR count). The van der Waals surface area contributed by atoms with Gasteiger partial charge in [-0.3, -0.25) is 0 Å². The Morgan fingerprint density at radius 2 is 1.63 bits per heavy atom. The molecule has 2 aromatic carbocycles. The standard InChI is InChI=1S/C26H32O4/c1-8-30-24(29)18-12-9-17(10-13-18)11-14-22(27)20-15-19(25(2,3)4)16-21(23(20)28)26(5,6)7/h9-10,12-13,15-16,22,27-28H,8H2,1-7H3. The quantitative estimate of drug-likeness (QED) is 0.538. The number of aromatic hydroxyl groups is 1. The number of ether oxygens (including phenoxy) is 1. The Hall–Kier alpha value is -2.77. The summed E-state index contributed by atoms with van der Waals surface area (Å²) in [6.45, 7) is 14.5. The van der Waals surface area contributed by atoms with E-state index >= 15 is 0 Å². The van der Waals surface area contributed by atoms with Gasteiger partial charge in [0.05, 0.1) is 12.2 Å². The van der Waals surface area contributed by atoms with Crippen LogP contribution >= 0.6 is 0 Å². The lowest BCUT2D eigenvalue weighted by Crippen LogP contribution is -2.18. The highest BCUT2D eigenvalue weighted by molar-refractivity contribution is 5.89. The van der Waals surface area contributed by atoms with Crippen molar-refractivity contribution in [3.05, 3.63) is 64.2 Å². The molecule has 4 nitrogen and oxygen atoms in total. The number of carbonyl (C=O) groups excluding carboxylic acids is 1. The number of phenolic OH excluding ortho intramolecular Hbond substituents is 1. The molecule has 1 atom stereocenters. The molecule has 1 unspecified atom stereocenters. The number of carbonyl (C=O) groups is 1. The van der Waals surface area contributed by atoms with Gasteiger partial charge in [0.1, 0.15) is 11.9 Å². The fourth-order valence-corrected chi connectivity index (χ4v) is 3.00.